The average molecular weight is 140 g/mol. The van der Waals surface area contributed by atoms with Gasteiger partial charge >= 0.3 is 0 Å². The van der Waals surface area contributed by atoms with Crippen LogP contribution in [0.2, 0.25) is 0 Å². The van der Waals surface area contributed by atoms with Crippen molar-refractivity contribution < 1.29 is 0 Å². The van der Waals surface area contributed by atoms with Crippen LogP contribution in [-0.2, 0) is 0 Å². The quantitative estimate of drug-likeness (QED) is 0.452. The fraction of sp³-hybridized carbons (Fsp3) is 0.800. The molecule has 0 heteroatoms. The van der Waals surface area contributed by atoms with Crippen molar-refractivity contribution in [2.45, 2.75) is 47.0 Å². The zero-order valence-corrected chi connectivity index (χ0v) is 7.78. The predicted molar refractivity (Wildman–Crippen MR) is 48.9 cm³/mol. The Hall–Kier alpha value is -0.440. The van der Waals surface area contributed by atoms with Crippen molar-refractivity contribution in [2.75, 3.05) is 0 Å². The summed E-state index contributed by atoms with van der Waals surface area (Å²) in [5.41, 5.74) is 0. The van der Waals surface area contributed by atoms with Gasteiger partial charge in [0.05, 0.1) is 0 Å². The summed E-state index contributed by atoms with van der Waals surface area (Å²) in [7, 11) is 0. The molecule has 0 unspecified atom stereocenters. The minimum absolute atomic E-state index is 1.08. The molecule has 0 saturated heterocycles. The lowest BCUT2D eigenvalue weighted by Crippen LogP contribution is -1.42. The average Bonchev–Trinajstić information content (AvgIpc) is 2.55. The second-order valence-electron chi connectivity index (χ2n) is 2.68. The standard InChI is InChI=1S/C4H8.C3H8.C3H4/c1-4-2-3-4;2*1-3-2/h4H,2-3H2,1H3;3H2,1-2H3;1H,2H3. The first kappa shape index (κ1) is 12.3. The van der Waals surface area contributed by atoms with Crippen LogP contribution in [0.1, 0.15) is 47.0 Å². The minimum atomic E-state index is 1.08. The topological polar surface area (TPSA) is 0 Å². The third-order valence-corrected chi connectivity index (χ3v) is 0.866. The van der Waals surface area contributed by atoms with Crippen molar-refractivity contribution in [3.63, 3.8) is 0 Å². The number of hydrogen-bond acceptors (Lipinski definition) is 0. The van der Waals surface area contributed by atoms with Crippen LogP contribution < -0.4 is 0 Å². The molecule has 0 aromatic rings. The molecule has 0 aromatic heterocycles. The molecule has 0 N–H and O–H groups in total. The zero-order valence-electron chi connectivity index (χ0n) is 7.78. The molecule has 1 fully saturated rings. The Morgan fingerprint density at radius 2 is 1.50 bits per heavy atom. The molecule has 0 atom stereocenters. The van der Waals surface area contributed by atoms with Crippen LogP contribution in [0, 0.1) is 18.3 Å². The Bertz CT molecular complexity index is 72.5. The third kappa shape index (κ3) is 49.6. The summed E-state index contributed by atoms with van der Waals surface area (Å²) in [6.07, 6.45) is 8.82. The van der Waals surface area contributed by atoms with Crippen LogP contribution in [0.5, 0.6) is 0 Å². The van der Waals surface area contributed by atoms with Gasteiger partial charge in [0.2, 0.25) is 0 Å². The molecule has 1 rings (SSSR count). The molecular weight excluding hydrogens is 120 g/mol. The molecule has 0 spiro atoms. The van der Waals surface area contributed by atoms with Crippen molar-refractivity contribution in [3.05, 3.63) is 0 Å². The molecule has 0 aliphatic heterocycles. The summed E-state index contributed by atoms with van der Waals surface area (Å²) in [5.74, 6) is 3.33. The van der Waals surface area contributed by atoms with E-state index in [0.717, 1.165) is 5.92 Å². The Morgan fingerprint density at radius 1 is 1.40 bits per heavy atom. The lowest BCUT2D eigenvalue weighted by atomic mass is 10.5. The van der Waals surface area contributed by atoms with Crippen LogP contribution in [0.4, 0.5) is 0 Å². The van der Waals surface area contributed by atoms with Gasteiger partial charge in [0.25, 0.3) is 0 Å². The lowest BCUT2D eigenvalue weighted by Gasteiger charge is -1.53. The summed E-state index contributed by atoms with van der Waals surface area (Å²) >= 11 is 0. The van der Waals surface area contributed by atoms with Gasteiger partial charge in [-0.25, -0.2) is 0 Å². The first-order valence-corrected chi connectivity index (χ1v) is 4.10. The molecule has 1 saturated carbocycles. The SMILES string of the molecule is C#CC.CC1CC1.CCC. The molecule has 0 radical (unpaired) electrons. The van der Waals surface area contributed by atoms with Gasteiger partial charge in [0.15, 0.2) is 0 Å². The van der Waals surface area contributed by atoms with E-state index in [1.165, 1.54) is 19.3 Å². The highest BCUT2D eigenvalue weighted by atomic mass is 14.2. The van der Waals surface area contributed by atoms with Crippen molar-refractivity contribution in [1.82, 2.24) is 0 Å². The smallest absolute Gasteiger partial charge is 0.00297 e. The Kier molecular flexibility index (Phi) is 13.9. The minimum Gasteiger partial charge on any atom is -0.120 e. The fourth-order valence-corrected chi connectivity index (χ4v) is 0.167. The van der Waals surface area contributed by atoms with Crippen molar-refractivity contribution in [3.8, 4) is 12.3 Å². The molecule has 1 aliphatic carbocycles. The van der Waals surface area contributed by atoms with Crippen LogP contribution >= 0.6 is 0 Å². The number of rotatable bonds is 0. The Balaban J connectivity index is 0. The van der Waals surface area contributed by atoms with Crippen LogP contribution in [-0.4, -0.2) is 0 Å². The highest BCUT2D eigenvalue weighted by Gasteiger charge is 2.12. The summed E-state index contributed by atoms with van der Waals surface area (Å²) in [6, 6.07) is 0. The van der Waals surface area contributed by atoms with E-state index in [0.29, 0.717) is 0 Å². The van der Waals surface area contributed by atoms with Crippen molar-refractivity contribution in [1.29, 1.82) is 0 Å². The normalized spacial score (nSPS) is 13.1. The summed E-state index contributed by atoms with van der Waals surface area (Å²) in [4.78, 5) is 0. The maximum atomic E-state index is 4.60. The fourth-order valence-electron chi connectivity index (χ4n) is 0.167. The highest BCUT2D eigenvalue weighted by Crippen LogP contribution is 2.26. The van der Waals surface area contributed by atoms with Crippen LogP contribution in [0.3, 0.4) is 0 Å². The monoisotopic (exact) mass is 140 g/mol. The van der Waals surface area contributed by atoms with Gasteiger partial charge in [-0.05, 0) is 12.8 Å². The third-order valence-electron chi connectivity index (χ3n) is 0.866. The van der Waals surface area contributed by atoms with E-state index in [2.05, 4.69) is 33.1 Å². The van der Waals surface area contributed by atoms with E-state index in [9.17, 15) is 0 Å². The molecule has 0 amide bonds. The van der Waals surface area contributed by atoms with Gasteiger partial charge in [-0.1, -0.05) is 40.0 Å². The molecule has 1 aliphatic rings. The van der Waals surface area contributed by atoms with E-state index < -0.39 is 0 Å². The number of terminal acetylenes is 1. The molecule has 0 aromatic carbocycles. The maximum Gasteiger partial charge on any atom is -0.00297 e. The van der Waals surface area contributed by atoms with Crippen molar-refractivity contribution in [2.24, 2.45) is 5.92 Å². The summed E-state index contributed by atoms with van der Waals surface area (Å²) in [5, 5.41) is 0. The van der Waals surface area contributed by atoms with Gasteiger partial charge in [-0.3, -0.25) is 0 Å². The first-order chi connectivity index (χ1) is 4.72. The summed E-state index contributed by atoms with van der Waals surface area (Å²) < 4.78 is 0. The second-order valence-corrected chi connectivity index (χ2v) is 2.68. The van der Waals surface area contributed by atoms with Crippen LogP contribution in [0.25, 0.3) is 0 Å². The highest BCUT2D eigenvalue weighted by molar-refractivity contribution is 4.73. The lowest BCUT2D eigenvalue weighted by molar-refractivity contribution is 0.983. The van der Waals surface area contributed by atoms with E-state index in [4.69, 9.17) is 0 Å². The van der Waals surface area contributed by atoms with E-state index in [-0.39, 0.29) is 0 Å². The van der Waals surface area contributed by atoms with Gasteiger partial charge in [0.1, 0.15) is 0 Å². The van der Waals surface area contributed by atoms with Gasteiger partial charge in [0, 0.05) is 0 Å². The second kappa shape index (κ2) is 11.4. The molecule has 0 heterocycles. The Labute approximate surface area is 66.0 Å². The van der Waals surface area contributed by atoms with Gasteiger partial charge in [-0.15, -0.1) is 12.3 Å². The van der Waals surface area contributed by atoms with Gasteiger partial charge in [-0.2, -0.15) is 0 Å². The predicted octanol–water partition coefficient (Wildman–Crippen LogP) is 3.47. The maximum absolute atomic E-state index is 4.60. The van der Waals surface area contributed by atoms with Crippen molar-refractivity contribution >= 4 is 0 Å². The van der Waals surface area contributed by atoms with E-state index in [1.54, 1.807) is 6.92 Å². The summed E-state index contributed by atoms with van der Waals surface area (Å²) in [6.45, 7) is 8.18. The first-order valence-electron chi connectivity index (χ1n) is 4.10. The number of hydrogen-bond donors (Lipinski definition) is 0. The molecule has 60 valence electrons. The van der Waals surface area contributed by atoms with Crippen LogP contribution in [0.15, 0.2) is 0 Å². The molecule has 10 heavy (non-hydrogen) atoms. The molecular formula is C10H20. The zero-order chi connectivity index (χ0) is 8.41. The molecule has 0 bridgehead atoms. The van der Waals surface area contributed by atoms with Gasteiger partial charge < -0.3 is 0 Å². The largest absolute Gasteiger partial charge is 0.120 e. The molecule has 0 nitrogen and oxygen atoms in total. The Morgan fingerprint density at radius 3 is 1.50 bits per heavy atom. The van der Waals surface area contributed by atoms with E-state index in [1.807, 2.05) is 0 Å². The van der Waals surface area contributed by atoms with E-state index >= 15 is 0 Å².